The Bertz CT molecular complexity index is 482. The highest BCUT2D eigenvalue weighted by Crippen LogP contribution is 2.27. The van der Waals surface area contributed by atoms with Gasteiger partial charge in [-0.05, 0) is 31.4 Å². The topological polar surface area (TPSA) is 26.7 Å². The van der Waals surface area contributed by atoms with Gasteiger partial charge in [-0.3, -0.25) is 4.90 Å². The van der Waals surface area contributed by atoms with Gasteiger partial charge in [0, 0.05) is 37.8 Å². The summed E-state index contributed by atoms with van der Waals surface area (Å²) in [5.74, 6) is -0.271. The molecule has 2 aliphatic heterocycles. The second-order valence-corrected chi connectivity index (χ2v) is 6.54. The highest BCUT2D eigenvalue weighted by atomic mass is 19.1. The predicted octanol–water partition coefficient (Wildman–Crippen LogP) is 2.28. The molecule has 0 spiro atoms. The summed E-state index contributed by atoms with van der Waals surface area (Å²) in [6, 6.07) is 7.24. The second-order valence-electron chi connectivity index (χ2n) is 6.54. The second kappa shape index (κ2) is 6.42. The minimum Gasteiger partial charge on any atom is -0.388 e. The zero-order valence-corrected chi connectivity index (χ0v) is 12.7. The molecule has 0 radical (unpaired) electrons. The molecular weight excluding hydrogens is 267 g/mol. The molecule has 116 valence electrons. The summed E-state index contributed by atoms with van der Waals surface area (Å²) >= 11 is 0. The molecule has 3 nitrogen and oxygen atoms in total. The van der Waals surface area contributed by atoms with E-state index in [0.717, 1.165) is 26.2 Å². The number of hydrogen-bond acceptors (Lipinski definition) is 3. The number of hydrogen-bond donors (Lipinski definition) is 1. The highest BCUT2D eigenvalue weighted by Gasteiger charge is 2.32. The van der Waals surface area contributed by atoms with Crippen LogP contribution in [0.25, 0.3) is 0 Å². The van der Waals surface area contributed by atoms with Gasteiger partial charge in [-0.1, -0.05) is 25.1 Å². The van der Waals surface area contributed by atoms with Crippen molar-refractivity contribution < 1.29 is 9.50 Å². The number of aliphatic hydroxyl groups excluding tert-OH is 1. The summed E-state index contributed by atoms with van der Waals surface area (Å²) in [6.45, 7) is 7.37. The molecule has 2 fully saturated rings. The number of fused-ring (bicyclic) bond motifs is 1. The quantitative estimate of drug-likeness (QED) is 0.922. The average Bonchev–Trinajstić information content (AvgIpc) is 2.94. The molecule has 0 bridgehead atoms. The maximum atomic E-state index is 13.8. The van der Waals surface area contributed by atoms with Crippen LogP contribution in [0.5, 0.6) is 0 Å². The van der Waals surface area contributed by atoms with Crippen LogP contribution in [0, 0.1) is 11.7 Å². The van der Waals surface area contributed by atoms with E-state index in [0.29, 0.717) is 11.6 Å². The highest BCUT2D eigenvalue weighted by molar-refractivity contribution is 5.20. The van der Waals surface area contributed by atoms with Crippen LogP contribution in [0.4, 0.5) is 4.39 Å². The van der Waals surface area contributed by atoms with Gasteiger partial charge in [0.1, 0.15) is 5.82 Å². The van der Waals surface area contributed by atoms with Crippen LogP contribution in [-0.4, -0.2) is 53.7 Å². The lowest BCUT2D eigenvalue weighted by atomic mass is 9.96. The van der Waals surface area contributed by atoms with Crippen molar-refractivity contribution >= 4 is 0 Å². The van der Waals surface area contributed by atoms with Crippen molar-refractivity contribution in [2.75, 3.05) is 32.7 Å². The number of benzene rings is 1. The summed E-state index contributed by atoms with van der Waals surface area (Å²) in [5.41, 5.74) is 0.421. The molecule has 0 amide bonds. The Hall–Kier alpha value is -0.970. The van der Waals surface area contributed by atoms with Crippen LogP contribution in [0.1, 0.15) is 31.4 Å². The Kier molecular flexibility index (Phi) is 4.57. The lowest BCUT2D eigenvalue weighted by Crippen LogP contribution is -2.51. The lowest BCUT2D eigenvalue weighted by Gasteiger charge is -2.39. The first-order valence-electron chi connectivity index (χ1n) is 8.04. The van der Waals surface area contributed by atoms with E-state index in [-0.39, 0.29) is 11.7 Å². The molecule has 0 aromatic heterocycles. The monoisotopic (exact) mass is 292 g/mol. The Balaban J connectivity index is 1.58. The summed E-state index contributed by atoms with van der Waals surface area (Å²) < 4.78 is 13.8. The molecule has 1 aromatic carbocycles. The molecule has 3 atom stereocenters. The van der Waals surface area contributed by atoms with Gasteiger partial charge in [-0.25, -0.2) is 4.39 Å². The van der Waals surface area contributed by atoms with Crippen molar-refractivity contribution in [1.82, 2.24) is 9.80 Å². The molecule has 21 heavy (non-hydrogen) atoms. The van der Waals surface area contributed by atoms with Gasteiger partial charge in [0.15, 0.2) is 0 Å². The van der Waals surface area contributed by atoms with E-state index in [4.69, 9.17) is 0 Å². The molecule has 2 heterocycles. The third-order valence-electron chi connectivity index (χ3n) is 4.98. The maximum absolute atomic E-state index is 13.8. The van der Waals surface area contributed by atoms with Crippen LogP contribution in [0.15, 0.2) is 24.3 Å². The number of piperazine rings is 1. The van der Waals surface area contributed by atoms with E-state index >= 15 is 0 Å². The molecule has 4 heteroatoms. The average molecular weight is 292 g/mol. The molecule has 3 rings (SSSR count). The van der Waals surface area contributed by atoms with E-state index in [2.05, 4.69) is 9.80 Å². The Labute approximate surface area is 126 Å². The van der Waals surface area contributed by atoms with Crippen molar-refractivity contribution in [3.63, 3.8) is 0 Å². The standard InChI is InChI=1S/C17H25FN2O/c1-13(17(21)15-6-2-3-7-16(15)18)11-19-9-10-20-8-4-5-14(20)12-19/h2-3,6-7,13-14,17,21H,4-5,8-12H2,1H3. The van der Waals surface area contributed by atoms with Gasteiger partial charge in [0.2, 0.25) is 0 Å². The predicted molar refractivity (Wildman–Crippen MR) is 81.6 cm³/mol. The smallest absolute Gasteiger partial charge is 0.129 e. The Morgan fingerprint density at radius 3 is 2.90 bits per heavy atom. The van der Waals surface area contributed by atoms with Gasteiger partial charge in [-0.2, -0.15) is 0 Å². The normalized spacial score (nSPS) is 26.5. The zero-order chi connectivity index (χ0) is 14.8. The maximum Gasteiger partial charge on any atom is 0.129 e. The van der Waals surface area contributed by atoms with Gasteiger partial charge >= 0.3 is 0 Å². The number of aliphatic hydroxyl groups is 1. The van der Waals surface area contributed by atoms with Gasteiger partial charge in [0.05, 0.1) is 6.10 Å². The summed E-state index contributed by atoms with van der Waals surface area (Å²) in [4.78, 5) is 5.01. The van der Waals surface area contributed by atoms with Crippen molar-refractivity contribution in [2.24, 2.45) is 5.92 Å². The van der Waals surface area contributed by atoms with Crippen LogP contribution in [0.3, 0.4) is 0 Å². The molecule has 2 aliphatic rings. The van der Waals surface area contributed by atoms with Crippen LogP contribution < -0.4 is 0 Å². The van der Waals surface area contributed by atoms with E-state index in [1.165, 1.54) is 25.5 Å². The molecule has 0 aliphatic carbocycles. The molecule has 2 saturated heterocycles. The number of halogens is 1. The van der Waals surface area contributed by atoms with E-state index < -0.39 is 6.10 Å². The minimum absolute atomic E-state index is 0.0369. The summed E-state index contributed by atoms with van der Waals surface area (Å²) in [6.07, 6.45) is 1.87. The van der Waals surface area contributed by atoms with Crippen molar-refractivity contribution in [2.45, 2.75) is 31.9 Å². The van der Waals surface area contributed by atoms with Gasteiger partial charge in [-0.15, -0.1) is 0 Å². The SMILES string of the molecule is CC(CN1CCN2CCCC2C1)C(O)c1ccccc1F. The van der Waals surface area contributed by atoms with Crippen LogP contribution in [-0.2, 0) is 0 Å². The molecule has 0 saturated carbocycles. The van der Waals surface area contributed by atoms with Crippen molar-refractivity contribution in [3.8, 4) is 0 Å². The first-order chi connectivity index (χ1) is 10.1. The fraction of sp³-hybridized carbons (Fsp3) is 0.647. The molecule has 1 aromatic rings. The van der Waals surface area contributed by atoms with Crippen LogP contribution in [0.2, 0.25) is 0 Å². The summed E-state index contributed by atoms with van der Waals surface area (Å²) in [7, 11) is 0. The van der Waals surface area contributed by atoms with Crippen LogP contribution >= 0.6 is 0 Å². The number of nitrogens with zero attached hydrogens (tertiary/aromatic N) is 2. The third-order valence-corrected chi connectivity index (χ3v) is 4.98. The third kappa shape index (κ3) is 3.28. The molecule has 3 unspecified atom stereocenters. The number of rotatable bonds is 4. The lowest BCUT2D eigenvalue weighted by molar-refractivity contribution is 0.0511. The van der Waals surface area contributed by atoms with Crippen molar-refractivity contribution in [3.05, 3.63) is 35.6 Å². The Morgan fingerprint density at radius 1 is 1.29 bits per heavy atom. The van der Waals surface area contributed by atoms with E-state index in [9.17, 15) is 9.50 Å². The van der Waals surface area contributed by atoms with E-state index in [1.807, 2.05) is 6.92 Å². The minimum atomic E-state index is -0.729. The van der Waals surface area contributed by atoms with Crippen molar-refractivity contribution in [1.29, 1.82) is 0 Å². The summed E-state index contributed by atoms with van der Waals surface area (Å²) in [5, 5.41) is 10.4. The molecular formula is C17H25FN2O. The largest absolute Gasteiger partial charge is 0.388 e. The molecule has 1 N–H and O–H groups in total. The van der Waals surface area contributed by atoms with Gasteiger partial charge in [0.25, 0.3) is 0 Å². The van der Waals surface area contributed by atoms with E-state index in [1.54, 1.807) is 18.2 Å². The Morgan fingerprint density at radius 2 is 2.10 bits per heavy atom. The zero-order valence-electron chi connectivity index (χ0n) is 12.7. The van der Waals surface area contributed by atoms with Gasteiger partial charge < -0.3 is 10.0 Å². The fourth-order valence-corrected chi connectivity index (χ4v) is 3.75. The first-order valence-corrected chi connectivity index (χ1v) is 8.04. The first kappa shape index (κ1) is 14.9. The fourth-order valence-electron chi connectivity index (χ4n) is 3.75.